The summed E-state index contributed by atoms with van der Waals surface area (Å²) in [5, 5.41) is 7.67. The quantitative estimate of drug-likeness (QED) is 0.494. The van der Waals surface area contributed by atoms with Crippen LogP contribution < -0.4 is 14.2 Å². The van der Waals surface area contributed by atoms with Gasteiger partial charge in [-0.1, -0.05) is 41.9 Å². The van der Waals surface area contributed by atoms with Gasteiger partial charge in [0, 0.05) is 22.6 Å². The van der Waals surface area contributed by atoms with E-state index >= 15 is 0 Å². The van der Waals surface area contributed by atoms with Crippen LogP contribution in [0.5, 0.6) is 17.2 Å². The molecular weight excluding hydrogens is 412 g/mol. The number of benzene rings is 3. The molecule has 3 aromatic rings. The minimum atomic E-state index is -0.441. The molecule has 0 N–H and O–H groups in total. The monoisotopic (exact) mass is 434 g/mol. The van der Waals surface area contributed by atoms with Gasteiger partial charge in [0.05, 0.1) is 25.5 Å². The van der Waals surface area contributed by atoms with Crippen LogP contribution in [0.2, 0.25) is 5.02 Å². The lowest BCUT2D eigenvalue weighted by molar-refractivity contribution is -0.0211. The fraction of sp³-hybridized carbons (Fsp3) is 0.240. The summed E-state index contributed by atoms with van der Waals surface area (Å²) in [4.78, 5) is 0. The Kier molecular flexibility index (Phi) is 5.20. The van der Waals surface area contributed by atoms with E-state index in [0.29, 0.717) is 11.6 Å². The number of methoxy groups -OCH3 is 1. The summed E-state index contributed by atoms with van der Waals surface area (Å²) >= 11 is 6.56. The van der Waals surface area contributed by atoms with Crippen molar-refractivity contribution in [2.24, 2.45) is 5.10 Å². The van der Waals surface area contributed by atoms with Crippen LogP contribution in [-0.4, -0.2) is 24.4 Å². The Hall–Kier alpha value is -3.18. The minimum Gasteiger partial charge on any atom is -0.497 e. The zero-order chi connectivity index (χ0) is 21.4. The predicted octanol–water partition coefficient (Wildman–Crippen LogP) is 5.99. The summed E-state index contributed by atoms with van der Waals surface area (Å²) in [6.45, 7) is 2.54. The normalized spacial score (nSPS) is 19.2. The van der Waals surface area contributed by atoms with Crippen LogP contribution in [0.4, 0.5) is 0 Å². The van der Waals surface area contributed by atoms with E-state index in [4.69, 9.17) is 30.9 Å². The minimum absolute atomic E-state index is 0.0301. The first kappa shape index (κ1) is 19.8. The average molecular weight is 435 g/mol. The molecule has 0 aliphatic carbocycles. The first-order chi connectivity index (χ1) is 15.2. The molecule has 0 aromatic heterocycles. The van der Waals surface area contributed by atoms with Crippen LogP contribution in [-0.2, 0) is 0 Å². The van der Waals surface area contributed by atoms with E-state index in [9.17, 15) is 0 Å². The van der Waals surface area contributed by atoms with Crippen molar-refractivity contribution in [3.8, 4) is 17.2 Å². The third-order valence-corrected chi connectivity index (χ3v) is 6.02. The summed E-state index contributed by atoms with van der Waals surface area (Å²) in [5.41, 5.74) is 4.02. The third-order valence-electron chi connectivity index (χ3n) is 5.67. The van der Waals surface area contributed by atoms with Gasteiger partial charge in [-0.25, -0.2) is 5.01 Å². The summed E-state index contributed by atoms with van der Waals surface area (Å²) in [5.74, 6) is 2.33. The Morgan fingerprint density at radius 2 is 1.81 bits per heavy atom. The van der Waals surface area contributed by atoms with Gasteiger partial charge in [0.1, 0.15) is 5.75 Å². The van der Waals surface area contributed by atoms with Crippen molar-refractivity contribution in [3.05, 3.63) is 88.4 Å². The Labute approximate surface area is 186 Å². The zero-order valence-corrected chi connectivity index (χ0v) is 18.2. The largest absolute Gasteiger partial charge is 0.497 e. The molecule has 3 aromatic carbocycles. The molecule has 2 aliphatic heterocycles. The smallest absolute Gasteiger partial charge is 0.215 e. The van der Waals surface area contributed by atoms with Gasteiger partial charge < -0.3 is 14.2 Å². The second kappa shape index (κ2) is 8.16. The third kappa shape index (κ3) is 3.49. The van der Waals surface area contributed by atoms with Crippen molar-refractivity contribution in [2.75, 3.05) is 13.7 Å². The van der Waals surface area contributed by atoms with E-state index in [1.165, 1.54) is 0 Å². The van der Waals surface area contributed by atoms with Crippen LogP contribution in [0, 0.1) is 0 Å². The SMILES string of the molecule is CCOc1cccc2c1O[C@H](c1ccccc1Cl)N1N=C(c3ccc(OC)cc3)C[C@H]21. The molecule has 0 spiro atoms. The number of para-hydroxylation sites is 1. The number of nitrogens with zero attached hydrogens (tertiary/aromatic N) is 2. The van der Waals surface area contributed by atoms with Gasteiger partial charge in [-0.05, 0) is 48.9 Å². The molecule has 2 heterocycles. The maximum absolute atomic E-state index is 6.56. The van der Waals surface area contributed by atoms with Crippen molar-refractivity contribution in [2.45, 2.75) is 25.6 Å². The lowest BCUT2D eigenvalue weighted by Crippen LogP contribution is -2.34. The molecule has 2 atom stereocenters. The Morgan fingerprint density at radius 3 is 2.55 bits per heavy atom. The zero-order valence-electron chi connectivity index (χ0n) is 17.4. The van der Waals surface area contributed by atoms with Crippen molar-refractivity contribution in [3.63, 3.8) is 0 Å². The van der Waals surface area contributed by atoms with Gasteiger partial charge >= 0.3 is 0 Å². The van der Waals surface area contributed by atoms with E-state index in [2.05, 4.69) is 6.07 Å². The first-order valence-corrected chi connectivity index (χ1v) is 10.7. The Morgan fingerprint density at radius 1 is 1.03 bits per heavy atom. The van der Waals surface area contributed by atoms with Crippen LogP contribution in [0.15, 0.2) is 71.8 Å². The molecular formula is C25H23ClN2O3. The van der Waals surface area contributed by atoms with Crippen molar-refractivity contribution < 1.29 is 14.2 Å². The van der Waals surface area contributed by atoms with E-state index in [-0.39, 0.29) is 6.04 Å². The van der Waals surface area contributed by atoms with Crippen molar-refractivity contribution >= 4 is 17.3 Å². The number of hydrogen-bond donors (Lipinski definition) is 0. The van der Waals surface area contributed by atoms with Gasteiger partial charge in [-0.2, -0.15) is 5.10 Å². The van der Waals surface area contributed by atoms with Crippen molar-refractivity contribution in [1.82, 2.24) is 5.01 Å². The molecule has 0 saturated carbocycles. The average Bonchev–Trinajstić information content (AvgIpc) is 3.25. The van der Waals surface area contributed by atoms with E-state index < -0.39 is 6.23 Å². The van der Waals surface area contributed by atoms with Crippen LogP contribution in [0.3, 0.4) is 0 Å². The second-order valence-electron chi connectivity index (χ2n) is 7.47. The van der Waals surface area contributed by atoms with Crippen LogP contribution in [0.25, 0.3) is 0 Å². The maximum Gasteiger partial charge on any atom is 0.215 e. The number of hydrazone groups is 1. The van der Waals surface area contributed by atoms with E-state index in [1.54, 1.807) is 7.11 Å². The molecule has 2 aliphatic rings. The predicted molar refractivity (Wildman–Crippen MR) is 121 cm³/mol. The van der Waals surface area contributed by atoms with Gasteiger partial charge in [-0.3, -0.25) is 0 Å². The molecule has 5 rings (SSSR count). The molecule has 0 amide bonds. The standard InChI is InChI=1S/C25H23ClN2O3/c1-3-30-23-10-6-8-19-22-15-21(16-11-13-17(29-2)14-12-16)27-28(22)25(31-24(19)23)18-7-4-5-9-20(18)26/h4-14,22,25H,3,15H2,1-2H3/t22-,25-/m1/s1. The Balaban J connectivity index is 1.60. The highest BCUT2D eigenvalue weighted by molar-refractivity contribution is 6.31. The summed E-state index contributed by atoms with van der Waals surface area (Å²) in [6, 6.07) is 21.8. The molecule has 0 saturated heterocycles. The van der Waals surface area contributed by atoms with E-state index in [1.807, 2.05) is 72.6 Å². The first-order valence-electron chi connectivity index (χ1n) is 10.4. The highest BCUT2D eigenvalue weighted by Gasteiger charge is 2.42. The number of halogens is 1. The number of rotatable bonds is 5. The highest BCUT2D eigenvalue weighted by Crippen LogP contribution is 2.51. The molecule has 0 unspecified atom stereocenters. The molecule has 31 heavy (non-hydrogen) atoms. The molecule has 0 radical (unpaired) electrons. The van der Waals surface area contributed by atoms with E-state index in [0.717, 1.165) is 46.1 Å². The molecule has 0 bridgehead atoms. The topological polar surface area (TPSA) is 43.3 Å². The van der Waals surface area contributed by atoms with Crippen LogP contribution >= 0.6 is 11.6 Å². The highest BCUT2D eigenvalue weighted by atomic mass is 35.5. The summed E-state index contributed by atoms with van der Waals surface area (Å²) in [6.07, 6.45) is 0.322. The fourth-order valence-electron chi connectivity index (χ4n) is 4.19. The van der Waals surface area contributed by atoms with Gasteiger partial charge in [0.25, 0.3) is 0 Å². The summed E-state index contributed by atoms with van der Waals surface area (Å²) in [7, 11) is 1.67. The lowest BCUT2D eigenvalue weighted by atomic mass is 9.95. The van der Waals surface area contributed by atoms with Crippen molar-refractivity contribution in [1.29, 1.82) is 0 Å². The molecule has 158 valence electrons. The molecule has 6 heteroatoms. The van der Waals surface area contributed by atoms with Gasteiger partial charge in [-0.15, -0.1) is 0 Å². The summed E-state index contributed by atoms with van der Waals surface area (Å²) < 4.78 is 17.7. The lowest BCUT2D eigenvalue weighted by Gasteiger charge is -2.39. The van der Waals surface area contributed by atoms with Gasteiger partial charge in [0.15, 0.2) is 11.5 Å². The molecule has 5 nitrogen and oxygen atoms in total. The Bertz CT molecular complexity index is 1130. The van der Waals surface area contributed by atoms with Gasteiger partial charge in [0.2, 0.25) is 6.23 Å². The maximum atomic E-state index is 6.56. The number of hydrogen-bond acceptors (Lipinski definition) is 5. The number of fused-ring (bicyclic) bond motifs is 3. The second-order valence-corrected chi connectivity index (χ2v) is 7.88. The number of ether oxygens (including phenoxy) is 3. The van der Waals surface area contributed by atoms with Crippen LogP contribution in [0.1, 0.15) is 42.3 Å². The fourth-order valence-corrected chi connectivity index (χ4v) is 4.42. The molecule has 0 fully saturated rings.